The second kappa shape index (κ2) is 9.58. The average molecular weight is 469 g/mol. The van der Waals surface area contributed by atoms with Crippen molar-refractivity contribution in [1.29, 1.82) is 0 Å². The number of H-pyrrole nitrogens is 1. The Morgan fingerprint density at radius 2 is 1.97 bits per heavy atom. The molecule has 0 saturated carbocycles. The van der Waals surface area contributed by atoms with Crippen LogP contribution in [-0.4, -0.2) is 57.5 Å². The summed E-state index contributed by atoms with van der Waals surface area (Å²) < 4.78 is 1.21. The molecule has 3 aromatic rings. The molecule has 172 valence electrons. The molecule has 33 heavy (non-hydrogen) atoms. The molecular formula is C23H25ClN6O3. The Labute approximate surface area is 195 Å². The number of halogens is 1. The van der Waals surface area contributed by atoms with Gasteiger partial charge in [0.1, 0.15) is 6.54 Å². The molecule has 1 aromatic carbocycles. The van der Waals surface area contributed by atoms with E-state index >= 15 is 0 Å². The number of carbonyl (C=O) groups excluding carboxylic acids is 1. The summed E-state index contributed by atoms with van der Waals surface area (Å²) in [7, 11) is 3.78. The van der Waals surface area contributed by atoms with E-state index in [1.807, 2.05) is 49.5 Å². The van der Waals surface area contributed by atoms with Gasteiger partial charge in [-0.05, 0) is 30.5 Å². The Morgan fingerprint density at radius 3 is 2.67 bits per heavy atom. The highest BCUT2D eigenvalue weighted by atomic mass is 35.5. The summed E-state index contributed by atoms with van der Waals surface area (Å²) in [5, 5.41) is 0.651. The van der Waals surface area contributed by atoms with Crippen LogP contribution in [0.15, 0.2) is 52.3 Å². The van der Waals surface area contributed by atoms with E-state index in [-0.39, 0.29) is 18.4 Å². The number of amides is 1. The van der Waals surface area contributed by atoms with Gasteiger partial charge in [-0.25, -0.2) is 14.8 Å². The number of carbonyl (C=O) groups is 1. The minimum Gasteiger partial charge on any atom is -0.347 e. The molecule has 1 atom stereocenters. The van der Waals surface area contributed by atoms with E-state index in [1.54, 1.807) is 4.90 Å². The summed E-state index contributed by atoms with van der Waals surface area (Å²) in [6.07, 6.45) is 4.86. The highest BCUT2D eigenvalue weighted by molar-refractivity contribution is 6.30. The molecule has 0 bridgehead atoms. The standard InChI is InChI=1S/C23H25ClN6O3/c1-28(2)22-25-12-18(15-5-7-17(24)8-6-15)21(27-22)16-4-3-10-29(13-16)20(32)14-30-11-9-19(31)26-23(30)33/h5-9,11-12,16H,3-4,10,13-14H2,1-2H3,(H,26,31,33). The van der Waals surface area contributed by atoms with E-state index in [2.05, 4.69) is 9.97 Å². The zero-order chi connectivity index (χ0) is 23.5. The van der Waals surface area contributed by atoms with Crippen molar-refractivity contribution in [1.82, 2.24) is 24.4 Å². The van der Waals surface area contributed by atoms with Gasteiger partial charge in [-0.15, -0.1) is 0 Å². The van der Waals surface area contributed by atoms with Crippen molar-refractivity contribution >= 4 is 23.5 Å². The quantitative estimate of drug-likeness (QED) is 0.615. The van der Waals surface area contributed by atoms with Crippen molar-refractivity contribution in [3.63, 3.8) is 0 Å². The van der Waals surface area contributed by atoms with Crippen LogP contribution < -0.4 is 16.1 Å². The largest absolute Gasteiger partial charge is 0.347 e. The lowest BCUT2D eigenvalue weighted by atomic mass is 9.90. The number of likely N-dealkylation sites (tertiary alicyclic amines) is 1. The van der Waals surface area contributed by atoms with Gasteiger partial charge in [0, 0.05) is 62.1 Å². The second-order valence-corrected chi connectivity index (χ2v) is 8.72. The SMILES string of the molecule is CN(C)c1ncc(-c2ccc(Cl)cc2)c(C2CCCN(C(=O)Cn3ccc(=O)[nH]c3=O)C2)n1. The van der Waals surface area contributed by atoms with Crippen molar-refractivity contribution in [2.24, 2.45) is 0 Å². The topological polar surface area (TPSA) is 104 Å². The average Bonchev–Trinajstić information content (AvgIpc) is 2.81. The van der Waals surface area contributed by atoms with Crippen molar-refractivity contribution < 1.29 is 4.79 Å². The highest BCUT2D eigenvalue weighted by Crippen LogP contribution is 2.34. The van der Waals surface area contributed by atoms with E-state index in [4.69, 9.17) is 16.6 Å². The Kier molecular flexibility index (Phi) is 6.60. The van der Waals surface area contributed by atoms with Crippen molar-refractivity contribution in [2.45, 2.75) is 25.3 Å². The molecule has 1 N–H and O–H groups in total. The lowest BCUT2D eigenvalue weighted by Gasteiger charge is -2.33. The normalized spacial score (nSPS) is 16.0. The molecule has 10 heteroatoms. The molecule has 0 aliphatic carbocycles. The molecule has 1 saturated heterocycles. The number of rotatable bonds is 5. The first-order valence-corrected chi connectivity index (χ1v) is 11.1. The van der Waals surface area contributed by atoms with Gasteiger partial charge in [-0.2, -0.15) is 0 Å². The lowest BCUT2D eigenvalue weighted by molar-refractivity contribution is -0.133. The van der Waals surface area contributed by atoms with Crippen molar-refractivity contribution in [3.05, 3.63) is 74.3 Å². The molecule has 3 heterocycles. The second-order valence-electron chi connectivity index (χ2n) is 8.29. The third-order valence-corrected chi connectivity index (χ3v) is 5.98. The summed E-state index contributed by atoms with van der Waals surface area (Å²) in [5.74, 6) is 0.442. The van der Waals surface area contributed by atoms with Crippen LogP contribution in [0, 0.1) is 0 Å². The minimum absolute atomic E-state index is 0.0161. The van der Waals surface area contributed by atoms with E-state index in [1.165, 1.54) is 16.8 Å². The van der Waals surface area contributed by atoms with Crippen LogP contribution in [0.5, 0.6) is 0 Å². The molecule has 0 radical (unpaired) electrons. The number of nitrogens with one attached hydrogen (secondary N) is 1. The predicted octanol–water partition coefficient (Wildman–Crippen LogP) is 2.12. The number of nitrogens with zero attached hydrogens (tertiary/aromatic N) is 5. The Balaban J connectivity index is 1.62. The summed E-state index contributed by atoms with van der Waals surface area (Å²) in [6.45, 7) is 0.968. The van der Waals surface area contributed by atoms with Crippen LogP contribution in [-0.2, 0) is 11.3 Å². The van der Waals surface area contributed by atoms with Gasteiger partial charge in [-0.1, -0.05) is 23.7 Å². The van der Waals surface area contributed by atoms with E-state index in [0.29, 0.717) is 24.1 Å². The number of hydrogen-bond acceptors (Lipinski definition) is 6. The number of aromatic nitrogens is 4. The van der Waals surface area contributed by atoms with Crippen LogP contribution in [0.3, 0.4) is 0 Å². The van der Waals surface area contributed by atoms with Crippen LogP contribution in [0.1, 0.15) is 24.5 Å². The summed E-state index contributed by atoms with van der Waals surface area (Å²) in [4.78, 5) is 51.4. The van der Waals surface area contributed by atoms with E-state index in [9.17, 15) is 14.4 Å². The summed E-state index contributed by atoms with van der Waals surface area (Å²) in [6, 6.07) is 8.77. The van der Waals surface area contributed by atoms with Crippen LogP contribution in [0.4, 0.5) is 5.95 Å². The molecule has 1 aliphatic rings. The van der Waals surface area contributed by atoms with Crippen molar-refractivity contribution in [3.8, 4) is 11.1 Å². The third-order valence-electron chi connectivity index (χ3n) is 5.72. The Bertz CT molecular complexity index is 1270. The van der Waals surface area contributed by atoms with Crippen LogP contribution in [0.25, 0.3) is 11.1 Å². The molecule has 1 unspecified atom stereocenters. The van der Waals surface area contributed by atoms with Gasteiger partial charge < -0.3 is 9.80 Å². The Hall–Kier alpha value is -3.46. The minimum atomic E-state index is -0.596. The number of anilines is 1. The fraction of sp³-hybridized carbons (Fsp3) is 0.348. The molecule has 9 nitrogen and oxygen atoms in total. The molecule has 0 spiro atoms. The predicted molar refractivity (Wildman–Crippen MR) is 127 cm³/mol. The van der Waals surface area contributed by atoms with E-state index in [0.717, 1.165) is 29.7 Å². The number of aromatic amines is 1. The molecule has 2 aromatic heterocycles. The molecule has 1 aliphatic heterocycles. The summed E-state index contributed by atoms with van der Waals surface area (Å²) in [5.41, 5.74) is 1.67. The highest BCUT2D eigenvalue weighted by Gasteiger charge is 2.28. The smallest absolute Gasteiger partial charge is 0.328 e. The molecular weight excluding hydrogens is 444 g/mol. The first-order valence-electron chi connectivity index (χ1n) is 10.7. The molecule has 1 fully saturated rings. The maximum absolute atomic E-state index is 13.0. The molecule has 4 rings (SSSR count). The number of piperidine rings is 1. The zero-order valence-electron chi connectivity index (χ0n) is 18.5. The van der Waals surface area contributed by atoms with Crippen LogP contribution >= 0.6 is 11.6 Å². The fourth-order valence-corrected chi connectivity index (χ4v) is 4.13. The maximum atomic E-state index is 13.0. The van der Waals surface area contributed by atoms with Crippen LogP contribution in [0.2, 0.25) is 5.02 Å². The lowest BCUT2D eigenvalue weighted by Crippen LogP contribution is -2.43. The fourth-order valence-electron chi connectivity index (χ4n) is 4.01. The van der Waals surface area contributed by atoms with Gasteiger partial charge in [-0.3, -0.25) is 19.1 Å². The Morgan fingerprint density at radius 1 is 1.21 bits per heavy atom. The van der Waals surface area contributed by atoms with Gasteiger partial charge in [0.25, 0.3) is 5.56 Å². The van der Waals surface area contributed by atoms with Gasteiger partial charge in [0.15, 0.2) is 0 Å². The number of hydrogen-bond donors (Lipinski definition) is 1. The van der Waals surface area contributed by atoms with Gasteiger partial charge in [0.05, 0.1) is 5.69 Å². The van der Waals surface area contributed by atoms with Gasteiger partial charge in [0.2, 0.25) is 11.9 Å². The zero-order valence-corrected chi connectivity index (χ0v) is 19.2. The van der Waals surface area contributed by atoms with Gasteiger partial charge >= 0.3 is 5.69 Å². The first kappa shape index (κ1) is 22.7. The first-order chi connectivity index (χ1) is 15.8. The monoisotopic (exact) mass is 468 g/mol. The third kappa shape index (κ3) is 5.14. The van der Waals surface area contributed by atoms with E-state index < -0.39 is 11.2 Å². The maximum Gasteiger partial charge on any atom is 0.328 e. The summed E-state index contributed by atoms with van der Waals surface area (Å²) >= 11 is 6.07. The van der Waals surface area contributed by atoms with Crippen molar-refractivity contribution in [2.75, 3.05) is 32.1 Å². The number of benzene rings is 1. The molecule has 1 amide bonds.